The molecule has 1 heterocycles. The Kier molecular flexibility index (Phi) is 6.47. The fourth-order valence-corrected chi connectivity index (χ4v) is 2.22. The summed E-state index contributed by atoms with van der Waals surface area (Å²) < 4.78 is 11.6. The van der Waals surface area contributed by atoms with E-state index in [0.717, 1.165) is 16.2 Å². The third-order valence-electron chi connectivity index (χ3n) is 2.98. The quantitative estimate of drug-likeness (QED) is 0.310. The Bertz CT molecular complexity index is 793. The molecule has 0 unspecified atom stereocenters. The standard InChI is InChI=1S/C16H15BrN4O4/c1-3-6-25-15-8-13(17)11(7-14(15)24-2)9-19-20-16-5-4-12(10-18-16)21(22)23/h3-5,7-10H,1,6H2,2H3,(H,18,20)/b19-9+. The second-order valence-corrected chi connectivity index (χ2v) is 5.51. The van der Waals surface area contributed by atoms with Crippen molar-refractivity contribution in [1.29, 1.82) is 0 Å². The second kappa shape index (κ2) is 8.78. The Morgan fingerprint density at radius 3 is 2.84 bits per heavy atom. The van der Waals surface area contributed by atoms with Crippen molar-refractivity contribution in [2.24, 2.45) is 5.10 Å². The highest BCUT2D eigenvalue weighted by Crippen LogP contribution is 2.33. The van der Waals surface area contributed by atoms with Crippen LogP contribution in [0.1, 0.15) is 5.56 Å². The van der Waals surface area contributed by atoms with Gasteiger partial charge < -0.3 is 9.47 Å². The Balaban J connectivity index is 2.11. The number of nitrogens with zero attached hydrogens (tertiary/aromatic N) is 3. The van der Waals surface area contributed by atoms with Gasteiger partial charge in [-0.1, -0.05) is 12.7 Å². The number of anilines is 1. The van der Waals surface area contributed by atoms with E-state index in [4.69, 9.17) is 9.47 Å². The number of ether oxygens (including phenoxy) is 2. The fourth-order valence-electron chi connectivity index (χ4n) is 1.80. The predicted molar refractivity (Wildman–Crippen MR) is 98.5 cm³/mol. The molecule has 0 atom stereocenters. The van der Waals surface area contributed by atoms with E-state index < -0.39 is 4.92 Å². The van der Waals surface area contributed by atoms with E-state index in [1.165, 1.54) is 12.1 Å². The first-order valence-electron chi connectivity index (χ1n) is 7.06. The zero-order chi connectivity index (χ0) is 18.2. The van der Waals surface area contributed by atoms with Crippen molar-refractivity contribution in [3.63, 3.8) is 0 Å². The molecular weight excluding hydrogens is 392 g/mol. The van der Waals surface area contributed by atoms with Gasteiger partial charge in [-0.15, -0.1) is 0 Å². The summed E-state index contributed by atoms with van der Waals surface area (Å²) in [5, 5.41) is 14.6. The van der Waals surface area contributed by atoms with Crippen LogP contribution in [0.3, 0.4) is 0 Å². The summed E-state index contributed by atoms with van der Waals surface area (Å²) in [7, 11) is 1.55. The molecule has 0 aliphatic carbocycles. The lowest BCUT2D eigenvalue weighted by Crippen LogP contribution is -1.99. The van der Waals surface area contributed by atoms with E-state index in [2.05, 4.69) is 38.0 Å². The van der Waals surface area contributed by atoms with Crippen LogP contribution in [0, 0.1) is 10.1 Å². The minimum atomic E-state index is -0.514. The molecule has 1 aromatic heterocycles. The number of pyridine rings is 1. The van der Waals surface area contributed by atoms with Gasteiger partial charge in [0.15, 0.2) is 11.5 Å². The molecule has 0 aliphatic heterocycles. The molecule has 130 valence electrons. The lowest BCUT2D eigenvalue weighted by molar-refractivity contribution is -0.385. The zero-order valence-electron chi connectivity index (χ0n) is 13.3. The van der Waals surface area contributed by atoms with Crippen molar-refractivity contribution in [2.45, 2.75) is 0 Å². The lowest BCUT2D eigenvalue weighted by atomic mass is 10.2. The molecule has 9 heteroatoms. The third kappa shape index (κ3) is 5.01. The summed E-state index contributed by atoms with van der Waals surface area (Å²) in [6.45, 7) is 3.97. The average Bonchev–Trinajstić information content (AvgIpc) is 2.61. The first-order chi connectivity index (χ1) is 12.0. The molecule has 0 aliphatic rings. The fraction of sp³-hybridized carbons (Fsp3) is 0.125. The van der Waals surface area contributed by atoms with Gasteiger partial charge in [0, 0.05) is 16.1 Å². The van der Waals surface area contributed by atoms with Gasteiger partial charge >= 0.3 is 0 Å². The van der Waals surface area contributed by atoms with Gasteiger partial charge in [0.25, 0.3) is 5.69 Å². The minimum absolute atomic E-state index is 0.0860. The van der Waals surface area contributed by atoms with E-state index in [1.807, 2.05) is 0 Å². The molecule has 25 heavy (non-hydrogen) atoms. The average molecular weight is 407 g/mol. The number of hydrogen-bond donors (Lipinski definition) is 1. The summed E-state index contributed by atoms with van der Waals surface area (Å²) in [6.07, 6.45) is 4.36. The highest BCUT2D eigenvalue weighted by Gasteiger charge is 2.09. The largest absolute Gasteiger partial charge is 0.493 e. The normalized spacial score (nSPS) is 10.5. The van der Waals surface area contributed by atoms with Gasteiger partial charge in [-0.05, 0) is 34.1 Å². The summed E-state index contributed by atoms with van der Waals surface area (Å²) in [4.78, 5) is 14.0. The number of halogens is 1. The Morgan fingerprint density at radius 2 is 2.24 bits per heavy atom. The molecule has 0 amide bonds. The minimum Gasteiger partial charge on any atom is -0.493 e. The van der Waals surface area contributed by atoms with Crippen molar-refractivity contribution in [1.82, 2.24) is 4.98 Å². The van der Waals surface area contributed by atoms with E-state index in [-0.39, 0.29) is 5.69 Å². The summed E-state index contributed by atoms with van der Waals surface area (Å²) in [6, 6.07) is 6.34. The zero-order valence-corrected chi connectivity index (χ0v) is 14.9. The maximum Gasteiger partial charge on any atom is 0.287 e. The van der Waals surface area contributed by atoms with Crippen LogP contribution in [-0.2, 0) is 0 Å². The summed E-state index contributed by atoms with van der Waals surface area (Å²) in [5.74, 6) is 1.52. The smallest absolute Gasteiger partial charge is 0.287 e. The lowest BCUT2D eigenvalue weighted by Gasteiger charge is -2.11. The van der Waals surface area contributed by atoms with Crippen molar-refractivity contribution in [2.75, 3.05) is 19.1 Å². The predicted octanol–water partition coefficient (Wildman–Crippen LogP) is 3.77. The number of rotatable bonds is 8. The molecule has 0 radical (unpaired) electrons. The second-order valence-electron chi connectivity index (χ2n) is 4.65. The molecular formula is C16H15BrN4O4. The Hall–Kier alpha value is -2.94. The van der Waals surface area contributed by atoms with E-state index in [0.29, 0.717) is 23.9 Å². The molecule has 1 N–H and O–H groups in total. The van der Waals surface area contributed by atoms with E-state index >= 15 is 0 Å². The molecule has 0 saturated carbocycles. The molecule has 8 nitrogen and oxygen atoms in total. The number of nitro groups is 1. The first-order valence-corrected chi connectivity index (χ1v) is 7.85. The monoisotopic (exact) mass is 406 g/mol. The van der Waals surface area contributed by atoms with E-state index in [1.54, 1.807) is 31.5 Å². The molecule has 2 rings (SSSR count). The highest BCUT2D eigenvalue weighted by molar-refractivity contribution is 9.10. The first kappa shape index (κ1) is 18.4. The topological polar surface area (TPSA) is 98.9 Å². The molecule has 0 fully saturated rings. The van der Waals surface area contributed by atoms with Crippen LogP contribution in [0.2, 0.25) is 0 Å². The van der Waals surface area contributed by atoms with Gasteiger partial charge in [-0.25, -0.2) is 4.98 Å². The van der Waals surface area contributed by atoms with Crippen LogP contribution in [0.15, 0.2) is 52.7 Å². The van der Waals surface area contributed by atoms with Crippen LogP contribution in [-0.4, -0.2) is 29.8 Å². The van der Waals surface area contributed by atoms with Gasteiger partial charge in [0.05, 0.1) is 18.2 Å². The van der Waals surface area contributed by atoms with Gasteiger partial charge in [-0.3, -0.25) is 15.5 Å². The SMILES string of the molecule is C=CCOc1cc(Br)c(/C=N/Nc2ccc([N+](=O)[O-])cn2)cc1OC. The molecule has 0 spiro atoms. The third-order valence-corrected chi connectivity index (χ3v) is 3.67. The summed E-state index contributed by atoms with van der Waals surface area (Å²) >= 11 is 3.44. The van der Waals surface area contributed by atoms with Crippen molar-refractivity contribution >= 4 is 33.6 Å². The van der Waals surface area contributed by atoms with Crippen LogP contribution < -0.4 is 14.9 Å². The summed E-state index contributed by atoms with van der Waals surface area (Å²) in [5.41, 5.74) is 3.36. The number of aromatic nitrogens is 1. The number of nitrogens with one attached hydrogen (secondary N) is 1. The number of hydrazone groups is 1. The maximum atomic E-state index is 10.6. The van der Waals surface area contributed by atoms with Crippen molar-refractivity contribution < 1.29 is 14.4 Å². The van der Waals surface area contributed by atoms with Gasteiger partial charge in [0.1, 0.15) is 18.6 Å². The maximum absolute atomic E-state index is 10.6. The van der Waals surface area contributed by atoms with Crippen molar-refractivity contribution in [3.05, 3.63) is 63.3 Å². The van der Waals surface area contributed by atoms with Crippen LogP contribution in [0.25, 0.3) is 0 Å². The molecule has 2 aromatic rings. The number of methoxy groups -OCH3 is 1. The number of benzene rings is 1. The molecule has 0 saturated heterocycles. The Labute approximate surface area is 152 Å². The Morgan fingerprint density at radius 1 is 1.44 bits per heavy atom. The van der Waals surface area contributed by atoms with Gasteiger partial charge in [0.2, 0.25) is 0 Å². The van der Waals surface area contributed by atoms with E-state index in [9.17, 15) is 10.1 Å². The van der Waals surface area contributed by atoms with Crippen molar-refractivity contribution in [3.8, 4) is 11.5 Å². The molecule has 1 aromatic carbocycles. The van der Waals surface area contributed by atoms with Gasteiger partial charge in [-0.2, -0.15) is 5.10 Å². The van der Waals surface area contributed by atoms with Crippen LogP contribution >= 0.6 is 15.9 Å². The number of hydrogen-bond acceptors (Lipinski definition) is 7. The van der Waals surface area contributed by atoms with Crippen LogP contribution in [0.4, 0.5) is 11.5 Å². The highest BCUT2D eigenvalue weighted by atomic mass is 79.9. The van der Waals surface area contributed by atoms with Crippen LogP contribution in [0.5, 0.6) is 11.5 Å². The molecule has 0 bridgehead atoms.